The molecule has 4 heteroatoms. The Kier molecular flexibility index (Phi) is 9.98. The van der Waals surface area contributed by atoms with E-state index in [2.05, 4.69) is 31.1 Å². The van der Waals surface area contributed by atoms with Crippen molar-refractivity contribution < 1.29 is 9.53 Å². The minimum atomic E-state index is -0.175. The first-order chi connectivity index (χ1) is 8.56. The van der Waals surface area contributed by atoms with Crippen molar-refractivity contribution in [2.24, 2.45) is 0 Å². The quantitative estimate of drug-likeness (QED) is 0.609. The summed E-state index contributed by atoms with van der Waals surface area (Å²) in [5.41, 5.74) is 0. The summed E-state index contributed by atoms with van der Waals surface area (Å²) in [4.78, 5) is 14.1. The van der Waals surface area contributed by atoms with Gasteiger partial charge in [0.05, 0.1) is 6.61 Å². The van der Waals surface area contributed by atoms with Gasteiger partial charge in [0, 0.05) is 12.6 Å². The number of rotatable bonds is 10. The fourth-order valence-electron chi connectivity index (χ4n) is 1.98. The molecule has 0 aromatic heterocycles. The molecule has 0 heterocycles. The van der Waals surface area contributed by atoms with Gasteiger partial charge < -0.3 is 15.0 Å². The van der Waals surface area contributed by atoms with Gasteiger partial charge in [-0.2, -0.15) is 0 Å². The van der Waals surface area contributed by atoms with Crippen molar-refractivity contribution in [3.8, 4) is 0 Å². The second-order valence-corrected chi connectivity index (χ2v) is 4.77. The van der Waals surface area contributed by atoms with Crippen LogP contribution in [0.5, 0.6) is 0 Å². The largest absolute Gasteiger partial charge is 0.465 e. The molecule has 0 aliphatic rings. The fraction of sp³-hybridized carbons (Fsp3) is 0.929. The lowest BCUT2D eigenvalue weighted by atomic mass is 10.1. The van der Waals surface area contributed by atoms with Crippen molar-refractivity contribution in [1.82, 2.24) is 10.2 Å². The Labute approximate surface area is 112 Å². The molecule has 0 bridgehead atoms. The maximum Gasteiger partial charge on any atom is 0.323 e. The first kappa shape index (κ1) is 17.4. The van der Waals surface area contributed by atoms with Crippen LogP contribution in [0.4, 0.5) is 0 Å². The predicted molar refractivity (Wildman–Crippen MR) is 75.7 cm³/mol. The van der Waals surface area contributed by atoms with E-state index in [0.29, 0.717) is 12.6 Å². The molecule has 0 saturated carbocycles. The number of nitrogens with one attached hydrogen (secondary N) is 1. The Morgan fingerprint density at radius 1 is 1.28 bits per heavy atom. The second-order valence-electron chi connectivity index (χ2n) is 4.77. The van der Waals surface area contributed by atoms with Gasteiger partial charge >= 0.3 is 5.97 Å². The number of hydrogen-bond acceptors (Lipinski definition) is 4. The Morgan fingerprint density at radius 2 is 1.94 bits per heavy atom. The highest BCUT2D eigenvalue weighted by Gasteiger charge is 2.19. The molecule has 0 aliphatic heterocycles. The van der Waals surface area contributed by atoms with Crippen molar-refractivity contribution in [2.45, 2.75) is 59.0 Å². The number of likely N-dealkylation sites (N-methyl/N-ethyl adjacent to an activating group) is 1. The van der Waals surface area contributed by atoms with Crippen LogP contribution in [0.25, 0.3) is 0 Å². The number of esters is 1. The Balaban J connectivity index is 4.13. The van der Waals surface area contributed by atoms with Gasteiger partial charge in [-0.1, -0.05) is 20.3 Å². The smallest absolute Gasteiger partial charge is 0.323 e. The van der Waals surface area contributed by atoms with Gasteiger partial charge in [-0.05, 0) is 40.3 Å². The normalized spacial score (nSPS) is 14.6. The maximum absolute atomic E-state index is 11.7. The highest BCUT2D eigenvalue weighted by atomic mass is 16.5. The second kappa shape index (κ2) is 10.3. The minimum Gasteiger partial charge on any atom is -0.465 e. The van der Waals surface area contributed by atoms with Crippen molar-refractivity contribution in [1.29, 1.82) is 0 Å². The van der Waals surface area contributed by atoms with Crippen LogP contribution in [0.15, 0.2) is 0 Å². The molecular formula is C14H30N2O2. The summed E-state index contributed by atoms with van der Waals surface area (Å²) in [7, 11) is 2.12. The van der Waals surface area contributed by atoms with E-state index in [1.807, 2.05) is 13.8 Å². The van der Waals surface area contributed by atoms with Crippen LogP contribution in [0.3, 0.4) is 0 Å². The van der Waals surface area contributed by atoms with Gasteiger partial charge in [-0.25, -0.2) is 0 Å². The summed E-state index contributed by atoms with van der Waals surface area (Å²) in [5, 5.41) is 3.19. The minimum absolute atomic E-state index is 0.129. The molecule has 1 N–H and O–H groups in total. The van der Waals surface area contributed by atoms with Crippen LogP contribution >= 0.6 is 0 Å². The average Bonchev–Trinajstić information content (AvgIpc) is 2.34. The van der Waals surface area contributed by atoms with Crippen molar-refractivity contribution in [3.63, 3.8) is 0 Å². The molecular weight excluding hydrogens is 228 g/mol. The van der Waals surface area contributed by atoms with E-state index in [9.17, 15) is 4.79 Å². The zero-order chi connectivity index (χ0) is 14.0. The number of nitrogens with zero attached hydrogens (tertiary/aromatic N) is 1. The van der Waals surface area contributed by atoms with E-state index in [1.165, 1.54) is 12.8 Å². The maximum atomic E-state index is 11.7. The number of hydrogen-bond donors (Lipinski definition) is 1. The summed E-state index contributed by atoms with van der Waals surface area (Å²) in [6.07, 6.45) is 3.19. The van der Waals surface area contributed by atoms with Crippen molar-refractivity contribution in [3.05, 3.63) is 0 Å². The molecule has 0 fully saturated rings. The van der Waals surface area contributed by atoms with Gasteiger partial charge in [0.25, 0.3) is 0 Å². The zero-order valence-corrected chi connectivity index (χ0v) is 12.7. The molecule has 0 rings (SSSR count). The summed E-state index contributed by atoms with van der Waals surface area (Å²) < 4.78 is 5.08. The topological polar surface area (TPSA) is 41.6 Å². The van der Waals surface area contributed by atoms with E-state index >= 15 is 0 Å². The van der Waals surface area contributed by atoms with Crippen LogP contribution in [0.1, 0.15) is 47.0 Å². The summed E-state index contributed by atoms with van der Waals surface area (Å²) in [6, 6.07) is 0.394. The third-order valence-corrected chi connectivity index (χ3v) is 3.25. The molecule has 2 unspecified atom stereocenters. The molecule has 0 radical (unpaired) electrons. The number of carbonyl (C=O) groups is 1. The molecule has 108 valence electrons. The van der Waals surface area contributed by atoms with E-state index in [-0.39, 0.29) is 12.0 Å². The Hall–Kier alpha value is -0.610. The molecule has 0 aliphatic carbocycles. The lowest BCUT2D eigenvalue weighted by Gasteiger charge is -2.26. The van der Waals surface area contributed by atoms with Crippen LogP contribution in [0, 0.1) is 0 Å². The van der Waals surface area contributed by atoms with Crippen LogP contribution in [-0.4, -0.2) is 49.7 Å². The van der Waals surface area contributed by atoms with Crippen LogP contribution in [-0.2, 0) is 9.53 Å². The zero-order valence-electron chi connectivity index (χ0n) is 12.7. The molecule has 0 aromatic rings. The van der Waals surface area contributed by atoms with Crippen molar-refractivity contribution in [2.75, 3.05) is 26.7 Å². The highest BCUT2D eigenvalue weighted by molar-refractivity contribution is 5.75. The summed E-state index contributed by atoms with van der Waals surface area (Å²) in [5.74, 6) is -0.129. The van der Waals surface area contributed by atoms with Gasteiger partial charge in [0.15, 0.2) is 0 Å². The summed E-state index contributed by atoms with van der Waals surface area (Å²) >= 11 is 0. The monoisotopic (exact) mass is 258 g/mol. The van der Waals surface area contributed by atoms with E-state index < -0.39 is 0 Å². The van der Waals surface area contributed by atoms with Gasteiger partial charge in [-0.15, -0.1) is 0 Å². The Bertz CT molecular complexity index is 222. The standard InChI is InChI=1S/C14H30N2O2/c1-6-9-12(4)16(5)11-10-13(15-7-2)14(17)18-8-3/h12-13,15H,6-11H2,1-5H3. The average molecular weight is 258 g/mol. The highest BCUT2D eigenvalue weighted by Crippen LogP contribution is 2.06. The number of ether oxygens (including phenoxy) is 1. The fourth-order valence-corrected chi connectivity index (χ4v) is 1.98. The van der Waals surface area contributed by atoms with Gasteiger partial charge in [0.1, 0.15) is 6.04 Å². The lowest BCUT2D eigenvalue weighted by Crippen LogP contribution is -2.41. The molecule has 0 amide bonds. The molecule has 0 spiro atoms. The molecule has 2 atom stereocenters. The molecule has 4 nitrogen and oxygen atoms in total. The van der Waals surface area contributed by atoms with E-state index in [4.69, 9.17) is 4.74 Å². The third kappa shape index (κ3) is 6.97. The lowest BCUT2D eigenvalue weighted by molar-refractivity contribution is -0.145. The SMILES string of the molecule is CCCC(C)N(C)CCC(NCC)C(=O)OCC. The third-order valence-electron chi connectivity index (χ3n) is 3.25. The Morgan fingerprint density at radius 3 is 2.44 bits per heavy atom. The molecule has 0 saturated heterocycles. The first-order valence-electron chi connectivity index (χ1n) is 7.16. The van der Waals surface area contributed by atoms with Crippen LogP contribution in [0.2, 0.25) is 0 Å². The molecule has 18 heavy (non-hydrogen) atoms. The van der Waals surface area contributed by atoms with Crippen molar-refractivity contribution >= 4 is 5.97 Å². The predicted octanol–water partition coefficient (Wildman–Crippen LogP) is 2.04. The summed E-state index contributed by atoms with van der Waals surface area (Å²) in [6.45, 7) is 10.4. The first-order valence-corrected chi connectivity index (χ1v) is 7.16. The van der Waals surface area contributed by atoms with E-state index in [0.717, 1.165) is 19.5 Å². The van der Waals surface area contributed by atoms with Crippen LogP contribution < -0.4 is 5.32 Å². The van der Waals surface area contributed by atoms with Gasteiger partial charge in [0.2, 0.25) is 0 Å². The molecule has 0 aromatic carbocycles. The van der Waals surface area contributed by atoms with Gasteiger partial charge in [-0.3, -0.25) is 4.79 Å². The number of carbonyl (C=O) groups excluding carboxylic acids is 1. The van der Waals surface area contributed by atoms with E-state index in [1.54, 1.807) is 0 Å².